The molecule has 1 aliphatic heterocycles. The zero-order valence-corrected chi connectivity index (χ0v) is 33.7. The molecule has 0 spiro atoms. The van der Waals surface area contributed by atoms with E-state index in [1.807, 2.05) is 36.4 Å². The van der Waals surface area contributed by atoms with Crippen molar-refractivity contribution in [3.05, 3.63) is 95.1 Å². The first-order valence-electron chi connectivity index (χ1n) is 17.3. The number of rotatable bonds is 16. The molecule has 0 aromatic heterocycles. The van der Waals surface area contributed by atoms with Gasteiger partial charge in [-0.05, 0) is 112 Å². The van der Waals surface area contributed by atoms with Gasteiger partial charge in [-0.2, -0.15) is 0 Å². The molecule has 0 amide bonds. The third kappa shape index (κ3) is 8.66. The van der Waals surface area contributed by atoms with Gasteiger partial charge in [0, 0.05) is 0 Å². The van der Waals surface area contributed by atoms with Crippen LogP contribution in [0, 0.1) is 11.8 Å². The Kier molecular flexibility index (Phi) is 13.5. The maximum absolute atomic E-state index is 11.1. The van der Waals surface area contributed by atoms with Gasteiger partial charge in [0.2, 0.25) is 0 Å². The highest BCUT2D eigenvalue weighted by atomic mass is 127. The van der Waals surface area contributed by atoms with E-state index in [2.05, 4.69) is 36.4 Å². The van der Waals surface area contributed by atoms with Crippen molar-refractivity contribution in [3.8, 4) is 46.0 Å². The van der Waals surface area contributed by atoms with Crippen molar-refractivity contribution in [1.29, 1.82) is 0 Å². The molecule has 0 aliphatic carbocycles. The minimum Gasteiger partial charge on any atom is -0.493 e. The minimum absolute atomic E-state index is 0.166. The maximum Gasteiger partial charge on any atom is 0.179 e. The molecule has 1 aliphatic rings. The summed E-state index contributed by atoms with van der Waals surface area (Å²) in [5, 5.41) is 22.2. The molecular formula is C41H49IO11. The molecule has 0 saturated carbocycles. The van der Waals surface area contributed by atoms with E-state index in [1.165, 1.54) is 0 Å². The summed E-state index contributed by atoms with van der Waals surface area (Å²) in [7, 11) is 9.42. The number of aliphatic hydroxyl groups excluding tert-OH is 2. The van der Waals surface area contributed by atoms with E-state index in [-0.39, 0.29) is 24.0 Å². The number of alkyl halides is 1. The predicted octanol–water partition coefficient (Wildman–Crippen LogP) is 8.20. The molecule has 11 nitrogen and oxygen atoms in total. The number of ether oxygens (including phenoxy) is 9. The molecule has 1 fully saturated rings. The van der Waals surface area contributed by atoms with Gasteiger partial charge in [-0.25, -0.2) is 0 Å². The molecule has 0 radical (unpaired) electrons. The summed E-state index contributed by atoms with van der Waals surface area (Å²) in [4.78, 5) is 0. The third-order valence-electron chi connectivity index (χ3n) is 9.85. The van der Waals surface area contributed by atoms with Gasteiger partial charge in [-0.3, -0.25) is 0 Å². The van der Waals surface area contributed by atoms with Gasteiger partial charge in [0.1, 0.15) is 18.3 Å². The Hall–Kier alpha value is -4.11. The molecule has 1 heterocycles. The van der Waals surface area contributed by atoms with E-state index in [0.717, 1.165) is 11.1 Å². The molecule has 12 heteroatoms. The number of benzene rings is 4. The van der Waals surface area contributed by atoms with Crippen LogP contribution in [0.1, 0.15) is 67.4 Å². The molecule has 4 aromatic rings. The quantitative estimate of drug-likeness (QED) is 0.0839. The normalized spacial score (nSPS) is 20.5. The fourth-order valence-electron chi connectivity index (χ4n) is 6.58. The summed E-state index contributed by atoms with van der Waals surface area (Å²) in [6.07, 6.45) is -2.91. The number of hydrogen-bond acceptors (Lipinski definition) is 11. The standard InChI is InChI=1S/C41H49IO11/c1-22-23(2)40(28-13-17-32(36(21-28)50-9)52-41(42)38(44)26-11-15-30(46-5)34(19-26)48-7)53-39(22)27-12-16-31(35(20-27)49-8)51-24(3)37(43)25-10-14-29(45-4)33(18-25)47-6/h10-24,37-41,43-44H,1-9H3/t22-,23-,24+,37+,38-,39?,40?,41+/m1/s1. The number of methoxy groups -OCH3 is 6. The van der Waals surface area contributed by atoms with Crippen molar-refractivity contribution in [1.82, 2.24) is 0 Å². The summed E-state index contributed by atoms with van der Waals surface area (Å²) in [5.74, 6) is 4.59. The lowest BCUT2D eigenvalue weighted by Crippen LogP contribution is -2.22. The van der Waals surface area contributed by atoms with Crippen LogP contribution >= 0.6 is 22.6 Å². The van der Waals surface area contributed by atoms with Crippen LogP contribution in [0.5, 0.6) is 46.0 Å². The van der Waals surface area contributed by atoms with E-state index in [9.17, 15) is 10.2 Å². The Bertz CT molecular complexity index is 1700. The third-order valence-corrected chi connectivity index (χ3v) is 10.8. The number of hydrogen-bond donors (Lipinski definition) is 2. The van der Waals surface area contributed by atoms with Crippen LogP contribution in [0.4, 0.5) is 0 Å². The number of aliphatic hydroxyl groups is 2. The highest BCUT2D eigenvalue weighted by Gasteiger charge is 2.41. The SMILES string of the molecule is COc1ccc([C@@H](O)[C@H](C)Oc2ccc(C3OC(c4ccc(O[C@H](I)[C@H](O)c5ccc(OC)c(OC)c5)c(OC)c4)[C@H](C)[C@H]3C)cc2OC)cc1OC. The van der Waals surface area contributed by atoms with Crippen LogP contribution in [0.15, 0.2) is 72.8 Å². The van der Waals surface area contributed by atoms with E-state index in [4.69, 9.17) is 42.6 Å². The first-order chi connectivity index (χ1) is 25.5. The van der Waals surface area contributed by atoms with Crippen molar-refractivity contribution in [2.24, 2.45) is 11.8 Å². The summed E-state index contributed by atoms with van der Waals surface area (Å²) >= 11 is 2.07. The second-order valence-corrected chi connectivity index (χ2v) is 14.2. The number of halogens is 1. The van der Waals surface area contributed by atoms with Gasteiger partial charge in [0.05, 0.1) is 54.9 Å². The average molecular weight is 845 g/mol. The molecule has 4 aromatic carbocycles. The summed E-state index contributed by atoms with van der Waals surface area (Å²) in [5.41, 5.74) is 3.17. The molecule has 1 saturated heterocycles. The molecule has 5 rings (SSSR count). The molecule has 53 heavy (non-hydrogen) atoms. The molecule has 286 valence electrons. The monoisotopic (exact) mass is 844 g/mol. The Morgan fingerprint density at radius 2 is 0.887 bits per heavy atom. The van der Waals surface area contributed by atoms with E-state index >= 15 is 0 Å². The molecule has 2 unspecified atom stereocenters. The second-order valence-electron chi connectivity index (χ2n) is 12.9. The van der Waals surface area contributed by atoms with Crippen LogP contribution < -0.4 is 37.9 Å². The largest absolute Gasteiger partial charge is 0.493 e. The van der Waals surface area contributed by atoms with Crippen molar-refractivity contribution in [3.63, 3.8) is 0 Å². The topological polar surface area (TPSA) is 124 Å². The van der Waals surface area contributed by atoms with Gasteiger partial charge < -0.3 is 52.8 Å². The van der Waals surface area contributed by atoms with Gasteiger partial charge in [-0.15, -0.1) is 0 Å². The average Bonchev–Trinajstić information content (AvgIpc) is 3.49. The summed E-state index contributed by atoms with van der Waals surface area (Å²) < 4.78 is 51.5. The molecular weight excluding hydrogens is 795 g/mol. The van der Waals surface area contributed by atoms with Crippen molar-refractivity contribution < 1.29 is 52.8 Å². The van der Waals surface area contributed by atoms with E-state index < -0.39 is 22.4 Å². The smallest absolute Gasteiger partial charge is 0.179 e. The maximum atomic E-state index is 11.1. The van der Waals surface area contributed by atoms with Crippen molar-refractivity contribution >= 4 is 22.6 Å². The molecule has 8 atom stereocenters. The Labute approximate surface area is 325 Å². The lowest BCUT2D eigenvalue weighted by molar-refractivity contribution is 0.0284. The minimum atomic E-state index is -0.945. The highest BCUT2D eigenvalue weighted by Crippen LogP contribution is 2.51. The zero-order chi connectivity index (χ0) is 38.4. The van der Waals surface area contributed by atoms with Crippen molar-refractivity contribution in [2.45, 2.75) is 55.4 Å². The van der Waals surface area contributed by atoms with Crippen LogP contribution in [-0.4, -0.2) is 63.1 Å². The van der Waals surface area contributed by atoms with Gasteiger partial charge >= 0.3 is 0 Å². The Morgan fingerprint density at radius 1 is 0.509 bits per heavy atom. The van der Waals surface area contributed by atoms with Crippen LogP contribution in [0.3, 0.4) is 0 Å². The fraction of sp³-hybridized carbons (Fsp3) is 0.415. The van der Waals surface area contributed by atoms with Crippen molar-refractivity contribution in [2.75, 3.05) is 42.7 Å². The second kappa shape index (κ2) is 17.8. The first-order valence-corrected chi connectivity index (χ1v) is 18.5. The summed E-state index contributed by atoms with van der Waals surface area (Å²) in [6, 6.07) is 22.1. The Morgan fingerprint density at radius 3 is 1.32 bits per heavy atom. The van der Waals surface area contributed by atoms with Crippen LogP contribution in [0.25, 0.3) is 0 Å². The predicted molar refractivity (Wildman–Crippen MR) is 208 cm³/mol. The van der Waals surface area contributed by atoms with E-state index in [1.54, 1.807) is 86.0 Å². The highest BCUT2D eigenvalue weighted by molar-refractivity contribution is 14.1. The zero-order valence-electron chi connectivity index (χ0n) is 31.5. The lowest BCUT2D eigenvalue weighted by Gasteiger charge is -2.24. The van der Waals surface area contributed by atoms with Gasteiger partial charge in [-0.1, -0.05) is 38.1 Å². The lowest BCUT2D eigenvalue weighted by atomic mass is 9.85. The molecule has 2 N–H and O–H groups in total. The first kappa shape index (κ1) is 40.1. The molecule has 0 bridgehead atoms. The van der Waals surface area contributed by atoms with Crippen LogP contribution in [-0.2, 0) is 4.74 Å². The van der Waals surface area contributed by atoms with E-state index in [0.29, 0.717) is 57.1 Å². The summed E-state index contributed by atoms with van der Waals surface area (Å²) in [6.45, 7) is 6.16. The van der Waals surface area contributed by atoms with Crippen LogP contribution in [0.2, 0.25) is 0 Å². The van der Waals surface area contributed by atoms with Gasteiger partial charge in [0.15, 0.2) is 50.1 Å². The van der Waals surface area contributed by atoms with Gasteiger partial charge in [0.25, 0.3) is 0 Å². The fourth-order valence-corrected chi connectivity index (χ4v) is 7.27. The Balaban J connectivity index is 1.29.